The number of amides is 2. The van der Waals surface area contributed by atoms with Crippen molar-refractivity contribution in [2.45, 2.75) is 20.0 Å². The van der Waals surface area contributed by atoms with E-state index in [9.17, 15) is 9.59 Å². The average Bonchev–Trinajstić information content (AvgIpc) is 2.46. The number of benzene rings is 1. The van der Waals surface area contributed by atoms with Crippen LogP contribution in [-0.2, 0) is 9.53 Å². The molecule has 0 heterocycles. The second-order valence-electron chi connectivity index (χ2n) is 4.19. The standard InChI is InChI=1S/C14H20N2O5/c1-3-20-14(19)16-9-8-15-13(18)10(2)21-12-6-4-11(17)5-7-12/h4-7,10,17H,3,8-9H2,1-2H3,(H,15,18)(H,16,19). The van der Waals surface area contributed by atoms with Crippen molar-refractivity contribution in [2.24, 2.45) is 0 Å². The van der Waals surface area contributed by atoms with Crippen molar-refractivity contribution in [3.05, 3.63) is 24.3 Å². The molecule has 1 atom stereocenters. The van der Waals surface area contributed by atoms with E-state index in [2.05, 4.69) is 15.4 Å². The molecule has 0 aliphatic carbocycles. The molecular weight excluding hydrogens is 276 g/mol. The van der Waals surface area contributed by atoms with Crippen molar-refractivity contribution in [3.8, 4) is 11.5 Å². The largest absolute Gasteiger partial charge is 0.508 e. The molecule has 1 aromatic rings. The molecule has 1 aromatic carbocycles. The molecule has 2 amide bonds. The molecular formula is C14H20N2O5. The number of phenolic OH excluding ortho intramolecular Hbond substituents is 1. The first-order valence-corrected chi connectivity index (χ1v) is 6.67. The first-order valence-electron chi connectivity index (χ1n) is 6.67. The molecule has 0 saturated heterocycles. The molecule has 0 aliphatic rings. The molecule has 0 fully saturated rings. The second-order valence-corrected chi connectivity index (χ2v) is 4.19. The summed E-state index contributed by atoms with van der Waals surface area (Å²) < 4.78 is 10.1. The summed E-state index contributed by atoms with van der Waals surface area (Å²) in [5.41, 5.74) is 0. The van der Waals surface area contributed by atoms with Gasteiger partial charge >= 0.3 is 6.09 Å². The van der Waals surface area contributed by atoms with Crippen LogP contribution in [0.4, 0.5) is 4.79 Å². The van der Waals surface area contributed by atoms with Crippen LogP contribution in [0, 0.1) is 0 Å². The average molecular weight is 296 g/mol. The predicted octanol–water partition coefficient (Wildman–Crippen LogP) is 1.02. The van der Waals surface area contributed by atoms with E-state index in [1.54, 1.807) is 26.0 Å². The number of rotatable bonds is 7. The number of nitrogens with one attached hydrogen (secondary N) is 2. The minimum Gasteiger partial charge on any atom is -0.508 e. The molecule has 21 heavy (non-hydrogen) atoms. The number of ether oxygens (including phenoxy) is 2. The number of carbonyl (C=O) groups is 2. The molecule has 3 N–H and O–H groups in total. The Balaban J connectivity index is 2.25. The summed E-state index contributed by atoms with van der Waals surface area (Å²) in [5, 5.41) is 14.3. The van der Waals surface area contributed by atoms with E-state index in [1.165, 1.54) is 12.1 Å². The van der Waals surface area contributed by atoms with Gasteiger partial charge in [0.1, 0.15) is 11.5 Å². The molecule has 1 unspecified atom stereocenters. The zero-order valence-electron chi connectivity index (χ0n) is 12.1. The molecule has 1 rings (SSSR count). The van der Waals surface area contributed by atoms with Crippen molar-refractivity contribution in [1.82, 2.24) is 10.6 Å². The Morgan fingerprint density at radius 1 is 1.19 bits per heavy atom. The molecule has 116 valence electrons. The third-order valence-electron chi connectivity index (χ3n) is 2.49. The van der Waals surface area contributed by atoms with E-state index in [1.807, 2.05) is 0 Å². The minimum absolute atomic E-state index is 0.129. The van der Waals surface area contributed by atoms with Gasteiger partial charge in [0.15, 0.2) is 6.10 Å². The summed E-state index contributed by atoms with van der Waals surface area (Å²) in [4.78, 5) is 22.8. The summed E-state index contributed by atoms with van der Waals surface area (Å²) >= 11 is 0. The van der Waals surface area contributed by atoms with Crippen molar-refractivity contribution < 1.29 is 24.2 Å². The van der Waals surface area contributed by atoms with Gasteiger partial charge in [-0.2, -0.15) is 0 Å². The van der Waals surface area contributed by atoms with E-state index in [-0.39, 0.29) is 24.7 Å². The van der Waals surface area contributed by atoms with Gasteiger partial charge in [0.2, 0.25) is 0 Å². The third kappa shape index (κ3) is 6.51. The molecule has 7 nitrogen and oxygen atoms in total. The smallest absolute Gasteiger partial charge is 0.407 e. The number of hydrogen-bond donors (Lipinski definition) is 3. The van der Waals surface area contributed by atoms with Crippen molar-refractivity contribution >= 4 is 12.0 Å². The quantitative estimate of drug-likeness (QED) is 0.653. The number of phenols is 1. The van der Waals surface area contributed by atoms with Gasteiger partial charge in [-0.3, -0.25) is 4.79 Å². The number of hydrogen-bond acceptors (Lipinski definition) is 5. The Morgan fingerprint density at radius 3 is 2.43 bits per heavy atom. The van der Waals surface area contributed by atoms with Crippen LogP contribution >= 0.6 is 0 Å². The highest BCUT2D eigenvalue weighted by atomic mass is 16.5. The fourth-order valence-corrected chi connectivity index (χ4v) is 1.46. The SMILES string of the molecule is CCOC(=O)NCCNC(=O)C(C)Oc1ccc(O)cc1. The van der Waals surface area contributed by atoms with Crippen LogP contribution in [-0.4, -0.2) is 42.9 Å². The minimum atomic E-state index is -0.683. The van der Waals surface area contributed by atoms with E-state index in [0.29, 0.717) is 12.4 Å². The predicted molar refractivity (Wildman–Crippen MR) is 76.2 cm³/mol. The van der Waals surface area contributed by atoms with E-state index in [0.717, 1.165) is 0 Å². The van der Waals surface area contributed by atoms with Crippen molar-refractivity contribution in [3.63, 3.8) is 0 Å². The first kappa shape index (κ1) is 16.6. The molecule has 0 aromatic heterocycles. The van der Waals surface area contributed by atoms with E-state index < -0.39 is 12.2 Å². The number of aromatic hydroxyl groups is 1. The lowest BCUT2D eigenvalue weighted by molar-refractivity contribution is -0.127. The Kier molecular flexibility index (Phi) is 6.86. The maximum Gasteiger partial charge on any atom is 0.407 e. The number of carbonyl (C=O) groups excluding carboxylic acids is 2. The van der Waals surface area contributed by atoms with Gasteiger partial charge in [-0.15, -0.1) is 0 Å². The van der Waals surface area contributed by atoms with Crippen LogP contribution in [0.3, 0.4) is 0 Å². The van der Waals surface area contributed by atoms with Gasteiger partial charge in [0.05, 0.1) is 6.61 Å². The van der Waals surface area contributed by atoms with Gasteiger partial charge < -0.3 is 25.2 Å². The normalized spacial score (nSPS) is 11.3. The zero-order chi connectivity index (χ0) is 15.7. The molecule has 0 spiro atoms. The highest BCUT2D eigenvalue weighted by molar-refractivity contribution is 5.80. The topological polar surface area (TPSA) is 96.9 Å². The third-order valence-corrected chi connectivity index (χ3v) is 2.49. The monoisotopic (exact) mass is 296 g/mol. The lowest BCUT2D eigenvalue weighted by Gasteiger charge is -2.14. The molecule has 0 saturated carbocycles. The Hall–Kier alpha value is -2.44. The van der Waals surface area contributed by atoms with E-state index in [4.69, 9.17) is 9.84 Å². The summed E-state index contributed by atoms with van der Waals surface area (Å²) in [6.07, 6.45) is -1.20. The highest BCUT2D eigenvalue weighted by Gasteiger charge is 2.14. The highest BCUT2D eigenvalue weighted by Crippen LogP contribution is 2.17. The van der Waals surface area contributed by atoms with Crippen molar-refractivity contribution in [2.75, 3.05) is 19.7 Å². The maximum absolute atomic E-state index is 11.8. The Morgan fingerprint density at radius 2 is 1.81 bits per heavy atom. The summed E-state index contributed by atoms with van der Waals surface area (Å²) in [6, 6.07) is 6.09. The van der Waals surface area contributed by atoms with Crippen LogP contribution in [0.1, 0.15) is 13.8 Å². The van der Waals surface area contributed by atoms with Crippen molar-refractivity contribution in [1.29, 1.82) is 0 Å². The number of alkyl carbamates (subject to hydrolysis) is 1. The molecule has 0 bridgehead atoms. The summed E-state index contributed by atoms with van der Waals surface area (Å²) in [6.45, 7) is 4.18. The van der Waals surface area contributed by atoms with Gasteiger partial charge in [-0.05, 0) is 38.1 Å². The second kappa shape index (κ2) is 8.68. The Bertz CT molecular complexity index is 461. The summed E-state index contributed by atoms with van der Waals surface area (Å²) in [5.74, 6) is 0.318. The lowest BCUT2D eigenvalue weighted by Crippen LogP contribution is -2.40. The van der Waals surface area contributed by atoms with Crippen LogP contribution < -0.4 is 15.4 Å². The van der Waals surface area contributed by atoms with Gasteiger partial charge in [-0.25, -0.2) is 4.79 Å². The maximum atomic E-state index is 11.8. The Labute approximate surface area is 123 Å². The molecule has 7 heteroatoms. The van der Waals surface area contributed by atoms with Crippen LogP contribution in [0.15, 0.2) is 24.3 Å². The van der Waals surface area contributed by atoms with Gasteiger partial charge in [0, 0.05) is 13.1 Å². The fraction of sp³-hybridized carbons (Fsp3) is 0.429. The van der Waals surface area contributed by atoms with Crippen LogP contribution in [0.5, 0.6) is 11.5 Å². The fourth-order valence-electron chi connectivity index (χ4n) is 1.46. The van der Waals surface area contributed by atoms with E-state index >= 15 is 0 Å². The van der Waals surface area contributed by atoms with Crippen LogP contribution in [0.2, 0.25) is 0 Å². The first-order chi connectivity index (χ1) is 10.0. The lowest BCUT2D eigenvalue weighted by atomic mass is 10.3. The van der Waals surface area contributed by atoms with Gasteiger partial charge in [-0.1, -0.05) is 0 Å². The van der Waals surface area contributed by atoms with Gasteiger partial charge in [0.25, 0.3) is 5.91 Å². The zero-order valence-corrected chi connectivity index (χ0v) is 12.1. The molecule has 0 radical (unpaired) electrons. The summed E-state index contributed by atoms with van der Waals surface area (Å²) in [7, 11) is 0. The molecule has 0 aliphatic heterocycles. The van der Waals surface area contributed by atoms with Crippen LogP contribution in [0.25, 0.3) is 0 Å².